The third kappa shape index (κ3) is 2.41. The van der Waals surface area contributed by atoms with Crippen LogP contribution in [0.4, 0.5) is 4.39 Å². The Morgan fingerprint density at radius 2 is 2.13 bits per heavy atom. The van der Waals surface area contributed by atoms with E-state index in [0.717, 1.165) is 29.1 Å². The maximum Gasteiger partial charge on any atom is 0.285 e. The molecule has 1 unspecified atom stereocenters. The van der Waals surface area contributed by atoms with Crippen LogP contribution in [0.1, 0.15) is 40.1 Å². The first-order valence-corrected chi connectivity index (χ1v) is 8.33. The molecular weight excluding hydrogens is 315 g/mol. The van der Waals surface area contributed by atoms with Crippen molar-refractivity contribution in [3.8, 4) is 0 Å². The molecule has 23 heavy (non-hydrogen) atoms. The normalized spacial score (nSPS) is 18.0. The second-order valence-electron chi connectivity index (χ2n) is 5.67. The molecule has 1 saturated heterocycles. The zero-order valence-electron chi connectivity index (χ0n) is 12.6. The third-order valence-corrected chi connectivity index (χ3v) is 5.16. The summed E-state index contributed by atoms with van der Waals surface area (Å²) in [7, 11) is 0. The maximum atomic E-state index is 13.1. The van der Waals surface area contributed by atoms with Crippen molar-refractivity contribution in [2.75, 3.05) is 6.54 Å². The minimum Gasteiger partial charge on any atom is -0.329 e. The Labute approximate surface area is 136 Å². The molecule has 4 rings (SSSR count). The second kappa shape index (κ2) is 5.42. The first-order chi connectivity index (χ1) is 11.1. The molecule has 2 aromatic heterocycles. The summed E-state index contributed by atoms with van der Waals surface area (Å²) in [5.41, 5.74) is 0.971. The van der Waals surface area contributed by atoms with Gasteiger partial charge in [-0.25, -0.2) is 13.9 Å². The maximum absolute atomic E-state index is 13.1. The highest BCUT2D eigenvalue weighted by Gasteiger charge is 2.32. The number of carbonyl (C=O) groups excluding carboxylic acids is 1. The number of aryl methyl sites for hydroxylation is 1. The lowest BCUT2D eigenvalue weighted by molar-refractivity contribution is 0.0734. The van der Waals surface area contributed by atoms with Gasteiger partial charge in [0.25, 0.3) is 5.91 Å². The predicted molar refractivity (Wildman–Crippen MR) is 85.0 cm³/mol. The molecule has 3 heterocycles. The lowest BCUT2D eigenvalue weighted by atomic mass is 10.0. The largest absolute Gasteiger partial charge is 0.329 e. The lowest BCUT2D eigenvalue weighted by Crippen LogP contribution is -2.30. The molecule has 1 aliphatic rings. The van der Waals surface area contributed by atoms with E-state index in [1.807, 2.05) is 11.8 Å². The second-order valence-corrected chi connectivity index (χ2v) is 6.68. The van der Waals surface area contributed by atoms with Gasteiger partial charge in [0.1, 0.15) is 16.5 Å². The highest BCUT2D eigenvalue weighted by molar-refractivity contribution is 7.18. The number of aromatic nitrogens is 3. The van der Waals surface area contributed by atoms with Crippen LogP contribution in [0.3, 0.4) is 0 Å². The Balaban J connectivity index is 1.64. The summed E-state index contributed by atoms with van der Waals surface area (Å²) in [5, 5.41) is 4.85. The predicted octanol–water partition coefficient (Wildman–Crippen LogP) is 3.22. The van der Waals surface area contributed by atoms with Gasteiger partial charge in [0.15, 0.2) is 0 Å². The van der Waals surface area contributed by atoms with Crippen molar-refractivity contribution >= 4 is 22.1 Å². The summed E-state index contributed by atoms with van der Waals surface area (Å²) in [6.45, 7) is 2.56. The summed E-state index contributed by atoms with van der Waals surface area (Å²) in [6.07, 6.45) is 3.56. The zero-order chi connectivity index (χ0) is 16.0. The van der Waals surface area contributed by atoms with E-state index in [1.54, 1.807) is 22.8 Å². The van der Waals surface area contributed by atoms with Crippen molar-refractivity contribution in [1.29, 1.82) is 0 Å². The molecule has 1 aromatic carbocycles. The number of carbonyl (C=O) groups is 1. The number of nitrogens with zero attached hydrogens (tertiary/aromatic N) is 4. The summed E-state index contributed by atoms with van der Waals surface area (Å²) in [4.78, 5) is 19.7. The molecule has 0 bridgehead atoms. The average Bonchev–Trinajstić information content (AvgIpc) is 3.25. The van der Waals surface area contributed by atoms with Crippen LogP contribution in [-0.2, 0) is 0 Å². The fourth-order valence-corrected chi connectivity index (χ4v) is 3.96. The lowest BCUT2D eigenvalue weighted by Gasteiger charge is -2.24. The van der Waals surface area contributed by atoms with Gasteiger partial charge in [-0.15, -0.1) is 5.10 Å². The van der Waals surface area contributed by atoms with Gasteiger partial charge in [0.05, 0.1) is 12.2 Å². The van der Waals surface area contributed by atoms with Gasteiger partial charge in [0.2, 0.25) is 5.01 Å². The summed E-state index contributed by atoms with van der Waals surface area (Å²) >= 11 is 1.35. The van der Waals surface area contributed by atoms with Gasteiger partial charge in [-0.1, -0.05) is 23.5 Å². The van der Waals surface area contributed by atoms with Crippen molar-refractivity contribution < 1.29 is 9.18 Å². The molecule has 5 nitrogen and oxygen atoms in total. The Kier molecular flexibility index (Phi) is 3.37. The van der Waals surface area contributed by atoms with Gasteiger partial charge in [-0.3, -0.25) is 4.79 Å². The van der Waals surface area contributed by atoms with E-state index in [2.05, 4.69) is 10.1 Å². The molecule has 0 radical (unpaired) electrons. The smallest absolute Gasteiger partial charge is 0.285 e. The van der Waals surface area contributed by atoms with Crippen molar-refractivity contribution in [3.05, 3.63) is 52.7 Å². The topological polar surface area (TPSA) is 50.5 Å². The molecule has 1 amide bonds. The van der Waals surface area contributed by atoms with Gasteiger partial charge >= 0.3 is 0 Å². The van der Waals surface area contributed by atoms with Crippen molar-refractivity contribution in [1.82, 2.24) is 19.5 Å². The molecule has 0 aliphatic carbocycles. The summed E-state index contributed by atoms with van der Waals surface area (Å²) < 4.78 is 14.8. The number of hydrogen-bond acceptors (Lipinski definition) is 4. The van der Waals surface area contributed by atoms with Crippen LogP contribution in [0.2, 0.25) is 0 Å². The van der Waals surface area contributed by atoms with Crippen LogP contribution in [0.15, 0.2) is 30.5 Å². The number of amides is 1. The molecule has 0 spiro atoms. The number of likely N-dealkylation sites (tertiary alicyclic amines) is 1. The molecule has 118 valence electrons. The van der Waals surface area contributed by atoms with E-state index in [-0.39, 0.29) is 17.8 Å². The molecule has 1 atom stereocenters. The number of imidazole rings is 1. The van der Waals surface area contributed by atoms with E-state index in [0.29, 0.717) is 11.6 Å². The number of fused-ring (bicyclic) bond motifs is 1. The van der Waals surface area contributed by atoms with E-state index in [4.69, 9.17) is 0 Å². The standard InChI is InChI=1S/C16H15FN4OS/c1-10-18-9-14-21(10)19-15(23-14)16(22)20-8-2-3-13(20)11-4-6-12(17)7-5-11/h4-7,9,13H,2-3,8H2,1H3. The molecule has 1 aliphatic heterocycles. The van der Waals surface area contributed by atoms with E-state index in [1.165, 1.54) is 23.5 Å². The monoisotopic (exact) mass is 330 g/mol. The van der Waals surface area contributed by atoms with Crippen LogP contribution >= 0.6 is 11.3 Å². The van der Waals surface area contributed by atoms with E-state index >= 15 is 0 Å². The Bertz CT molecular complexity index is 870. The van der Waals surface area contributed by atoms with Crippen LogP contribution in [-0.4, -0.2) is 31.9 Å². The molecule has 1 fully saturated rings. The van der Waals surface area contributed by atoms with Gasteiger partial charge in [-0.05, 0) is 37.5 Å². The summed E-state index contributed by atoms with van der Waals surface area (Å²) in [5.74, 6) is 0.444. The van der Waals surface area contributed by atoms with E-state index < -0.39 is 0 Å². The number of rotatable bonds is 2. The van der Waals surface area contributed by atoms with Crippen LogP contribution < -0.4 is 0 Å². The minimum absolute atomic E-state index is 0.00872. The van der Waals surface area contributed by atoms with Crippen molar-refractivity contribution in [2.45, 2.75) is 25.8 Å². The van der Waals surface area contributed by atoms with Crippen molar-refractivity contribution in [2.24, 2.45) is 0 Å². The van der Waals surface area contributed by atoms with Gasteiger partial charge in [-0.2, -0.15) is 0 Å². The fraction of sp³-hybridized carbons (Fsp3) is 0.312. The first kappa shape index (κ1) is 14.3. The highest BCUT2D eigenvalue weighted by atomic mass is 32.1. The van der Waals surface area contributed by atoms with Crippen molar-refractivity contribution in [3.63, 3.8) is 0 Å². The quantitative estimate of drug-likeness (QED) is 0.725. The fourth-order valence-electron chi connectivity index (χ4n) is 3.07. The number of hydrogen-bond donors (Lipinski definition) is 0. The summed E-state index contributed by atoms with van der Waals surface area (Å²) in [6, 6.07) is 6.39. The highest BCUT2D eigenvalue weighted by Crippen LogP contribution is 2.33. The Morgan fingerprint density at radius 3 is 2.87 bits per heavy atom. The number of benzene rings is 1. The zero-order valence-corrected chi connectivity index (χ0v) is 13.4. The van der Waals surface area contributed by atoms with Gasteiger partial charge in [0, 0.05) is 6.54 Å². The SMILES string of the molecule is Cc1ncc2sc(C(=O)N3CCCC3c3ccc(F)cc3)nn12. The minimum atomic E-state index is -0.261. The average molecular weight is 330 g/mol. The number of halogens is 1. The van der Waals surface area contributed by atoms with Crippen LogP contribution in [0.25, 0.3) is 4.83 Å². The molecule has 3 aromatic rings. The third-order valence-electron chi connectivity index (χ3n) is 4.22. The van der Waals surface area contributed by atoms with Gasteiger partial charge < -0.3 is 4.90 Å². The Morgan fingerprint density at radius 1 is 1.35 bits per heavy atom. The van der Waals surface area contributed by atoms with Crippen LogP contribution in [0, 0.1) is 12.7 Å². The Hall–Kier alpha value is -2.28. The molecular formula is C16H15FN4OS. The molecule has 7 heteroatoms. The molecule has 0 N–H and O–H groups in total. The van der Waals surface area contributed by atoms with E-state index in [9.17, 15) is 9.18 Å². The molecule has 0 saturated carbocycles. The van der Waals surface area contributed by atoms with Crippen LogP contribution in [0.5, 0.6) is 0 Å². The first-order valence-electron chi connectivity index (χ1n) is 7.51.